The number of likely N-dealkylation sites (tertiary alicyclic amines) is 1. The molecule has 102 valence electrons. The molecule has 0 spiro atoms. The molecule has 3 atom stereocenters. The summed E-state index contributed by atoms with van der Waals surface area (Å²) in [6.07, 6.45) is 6.70. The van der Waals surface area contributed by atoms with Crippen LogP contribution >= 0.6 is 0 Å². The molecule has 0 aromatic rings. The standard InChI is InChI=1S/C15H32N2/c1-5-13(4)11-14(6-2)16-12-15-9-8-10-17(15)7-3/h13-16H,5-12H2,1-4H3. The van der Waals surface area contributed by atoms with Gasteiger partial charge >= 0.3 is 0 Å². The van der Waals surface area contributed by atoms with Gasteiger partial charge in [0, 0.05) is 18.6 Å². The second kappa shape index (κ2) is 8.10. The molecule has 0 aliphatic carbocycles. The summed E-state index contributed by atoms with van der Waals surface area (Å²) in [6, 6.07) is 1.52. The molecule has 0 aromatic carbocycles. The third kappa shape index (κ3) is 4.97. The molecule has 17 heavy (non-hydrogen) atoms. The Morgan fingerprint density at radius 3 is 2.59 bits per heavy atom. The van der Waals surface area contributed by atoms with Crippen LogP contribution in [0.4, 0.5) is 0 Å². The molecule has 1 rings (SSSR count). The minimum atomic E-state index is 0.726. The van der Waals surface area contributed by atoms with E-state index < -0.39 is 0 Å². The number of nitrogens with one attached hydrogen (secondary N) is 1. The third-order valence-corrected chi connectivity index (χ3v) is 4.42. The van der Waals surface area contributed by atoms with Crippen molar-refractivity contribution in [1.82, 2.24) is 10.2 Å². The highest BCUT2D eigenvalue weighted by atomic mass is 15.2. The number of hydrogen-bond donors (Lipinski definition) is 1. The van der Waals surface area contributed by atoms with Gasteiger partial charge < -0.3 is 5.32 Å². The minimum absolute atomic E-state index is 0.726. The van der Waals surface area contributed by atoms with Gasteiger partial charge in [-0.05, 0) is 44.7 Å². The van der Waals surface area contributed by atoms with Crippen LogP contribution in [-0.4, -0.2) is 36.6 Å². The quantitative estimate of drug-likeness (QED) is 0.700. The highest BCUT2D eigenvalue weighted by molar-refractivity contribution is 4.81. The van der Waals surface area contributed by atoms with E-state index >= 15 is 0 Å². The fourth-order valence-electron chi connectivity index (χ4n) is 2.89. The number of nitrogens with zero attached hydrogens (tertiary/aromatic N) is 1. The van der Waals surface area contributed by atoms with Crippen LogP contribution in [0.5, 0.6) is 0 Å². The van der Waals surface area contributed by atoms with Gasteiger partial charge in [0.2, 0.25) is 0 Å². The Bertz CT molecular complexity index is 193. The Balaban J connectivity index is 2.26. The Hall–Kier alpha value is -0.0800. The topological polar surface area (TPSA) is 15.3 Å². The average Bonchev–Trinajstić information content (AvgIpc) is 2.81. The van der Waals surface area contributed by atoms with Crippen molar-refractivity contribution in [3.63, 3.8) is 0 Å². The van der Waals surface area contributed by atoms with Crippen LogP contribution in [-0.2, 0) is 0 Å². The van der Waals surface area contributed by atoms with Gasteiger partial charge in [-0.15, -0.1) is 0 Å². The maximum Gasteiger partial charge on any atom is 0.0221 e. The van der Waals surface area contributed by atoms with E-state index in [-0.39, 0.29) is 0 Å². The summed E-state index contributed by atoms with van der Waals surface area (Å²) >= 11 is 0. The van der Waals surface area contributed by atoms with Crippen molar-refractivity contribution < 1.29 is 0 Å². The molecule has 0 bridgehead atoms. The molecule has 0 radical (unpaired) electrons. The predicted octanol–water partition coefficient (Wildman–Crippen LogP) is 3.28. The van der Waals surface area contributed by atoms with Crippen molar-refractivity contribution in [2.45, 2.75) is 71.9 Å². The van der Waals surface area contributed by atoms with Gasteiger partial charge in [-0.25, -0.2) is 0 Å². The van der Waals surface area contributed by atoms with Gasteiger partial charge in [0.25, 0.3) is 0 Å². The smallest absolute Gasteiger partial charge is 0.0221 e. The Morgan fingerprint density at radius 1 is 1.24 bits per heavy atom. The average molecular weight is 240 g/mol. The minimum Gasteiger partial charge on any atom is -0.312 e. The van der Waals surface area contributed by atoms with E-state index in [2.05, 4.69) is 37.9 Å². The second-order valence-electron chi connectivity index (χ2n) is 5.69. The summed E-state index contributed by atoms with van der Waals surface area (Å²) in [5.74, 6) is 0.860. The van der Waals surface area contributed by atoms with Gasteiger partial charge in [0.15, 0.2) is 0 Å². The monoisotopic (exact) mass is 240 g/mol. The summed E-state index contributed by atoms with van der Waals surface area (Å²) in [7, 11) is 0. The van der Waals surface area contributed by atoms with Crippen LogP contribution in [0.3, 0.4) is 0 Å². The van der Waals surface area contributed by atoms with Gasteiger partial charge in [-0.2, -0.15) is 0 Å². The van der Waals surface area contributed by atoms with Crippen LogP contribution < -0.4 is 5.32 Å². The largest absolute Gasteiger partial charge is 0.312 e. The van der Waals surface area contributed by atoms with Crippen molar-refractivity contribution in [2.24, 2.45) is 5.92 Å². The van der Waals surface area contributed by atoms with Crippen LogP contribution in [0.2, 0.25) is 0 Å². The van der Waals surface area contributed by atoms with Crippen LogP contribution in [0.1, 0.15) is 59.8 Å². The van der Waals surface area contributed by atoms with Crippen LogP contribution in [0, 0.1) is 5.92 Å². The van der Waals surface area contributed by atoms with Crippen LogP contribution in [0.15, 0.2) is 0 Å². The van der Waals surface area contributed by atoms with Gasteiger partial charge in [0.1, 0.15) is 0 Å². The Labute approximate surface area is 108 Å². The Kier molecular flexibility index (Phi) is 7.14. The molecule has 0 amide bonds. The molecular weight excluding hydrogens is 208 g/mol. The van der Waals surface area contributed by atoms with Crippen molar-refractivity contribution >= 4 is 0 Å². The van der Waals surface area contributed by atoms with Gasteiger partial charge in [-0.3, -0.25) is 4.90 Å². The van der Waals surface area contributed by atoms with Crippen LogP contribution in [0.25, 0.3) is 0 Å². The molecule has 1 aliphatic heterocycles. The summed E-state index contributed by atoms with van der Waals surface area (Å²) in [6.45, 7) is 13.0. The number of likely N-dealkylation sites (N-methyl/N-ethyl adjacent to an activating group) is 1. The molecule has 1 heterocycles. The highest BCUT2D eigenvalue weighted by Crippen LogP contribution is 2.17. The summed E-state index contributed by atoms with van der Waals surface area (Å²) < 4.78 is 0. The molecular formula is C15H32N2. The first-order valence-corrected chi connectivity index (χ1v) is 7.68. The fraction of sp³-hybridized carbons (Fsp3) is 1.00. The van der Waals surface area contributed by atoms with E-state index in [0.29, 0.717) is 0 Å². The van der Waals surface area contributed by atoms with Crippen molar-refractivity contribution in [1.29, 1.82) is 0 Å². The van der Waals surface area contributed by atoms with Gasteiger partial charge in [0.05, 0.1) is 0 Å². The second-order valence-corrected chi connectivity index (χ2v) is 5.69. The molecule has 3 unspecified atom stereocenters. The maximum atomic E-state index is 3.80. The first-order valence-electron chi connectivity index (χ1n) is 7.68. The predicted molar refractivity (Wildman–Crippen MR) is 76.4 cm³/mol. The lowest BCUT2D eigenvalue weighted by Gasteiger charge is -2.27. The van der Waals surface area contributed by atoms with Gasteiger partial charge in [-0.1, -0.05) is 34.1 Å². The lowest BCUT2D eigenvalue weighted by Crippen LogP contribution is -2.42. The SMILES string of the molecule is CCC(C)CC(CC)NCC1CCCN1CC. The zero-order valence-electron chi connectivity index (χ0n) is 12.3. The molecule has 0 aromatic heterocycles. The molecule has 1 N–H and O–H groups in total. The van der Waals surface area contributed by atoms with E-state index in [1.807, 2.05) is 0 Å². The van der Waals surface area contributed by atoms with Crippen molar-refractivity contribution in [3.8, 4) is 0 Å². The number of hydrogen-bond acceptors (Lipinski definition) is 2. The first kappa shape index (κ1) is 15.0. The lowest BCUT2D eigenvalue weighted by molar-refractivity contribution is 0.247. The van der Waals surface area contributed by atoms with E-state index in [1.165, 1.54) is 51.7 Å². The molecule has 2 heteroatoms. The first-order chi connectivity index (χ1) is 8.21. The summed E-state index contributed by atoms with van der Waals surface area (Å²) in [5, 5.41) is 3.80. The zero-order valence-corrected chi connectivity index (χ0v) is 12.3. The van der Waals surface area contributed by atoms with E-state index in [0.717, 1.165) is 18.0 Å². The molecule has 2 nitrogen and oxygen atoms in total. The van der Waals surface area contributed by atoms with Crippen molar-refractivity contribution in [3.05, 3.63) is 0 Å². The van der Waals surface area contributed by atoms with E-state index in [4.69, 9.17) is 0 Å². The Morgan fingerprint density at radius 2 is 2.00 bits per heavy atom. The third-order valence-electron chi connectivity index (χ3n) is 4.42. The normalized spacial score (nSPS) is 25.1. The highest BCUT2D eigenvalue weighted by Gasteiger charge is 2.23. The lowest BCUT2D eigenvalue weighted by atomic mass is 9.97. The fourth-order valence-corrected chi connectivity index (χ4v) is 2.89. The summed E-state index contributed by atoms with van der Waals surface area (Å²) in [4.78, 5) is 2.63. The maximum absolute atomic E-state index is 3.80. The van der Waals surface area contributed by atoms with Crippen molar-refractivity contribution in [2.75, 3.05) is 19.6 Å². The summed E-state index contributed by atoms with van der Waals surface area (Å²) in [5.41, 5.74) is 0. The van der Waals surface area contributed by atoms with E-state index in [9.17, 15) is 0 Å². The molecule has 1 aliphatic rings. The molecule has 0 saturated carbocycles. The van der Waals surface area contributed by atoms with E-state index in [1.54, 1.807) is 0 Å². The molecule has 1 saturated heterocycles. The molecule has 1 fully saturated rings. The number of rotatable bonds is 8. The zero-order chi connectivity index (χ0) is 12.7.